The maximum absolute atomic E-state index is 13.2. The van der Waals surface area contributed by atoms with E-state index in [2.05, 4.69) is 25.6 Å². The Morgan fingerprint density at radius 1 is 1.08 bits per heavy atom. The van der Waals surface area contributed by atoms with Crippen LogP contribution in [0.1, 0.15) is 46.7 Å². The van der Waals surface area contributed by atoms with Crippen molar-refractivity contribution in [2.45, 2.75) is 39.8 Å². The lowest BCUT2D eigenvalue weighted by molar-refractivity contribution is 0.0430. The van der Waals surface area contributed by atoms with Gasteiger partial charge in [0.2, 0.25) is 5.82 Å². The molecule has 5 rings (SSSR count). The first-order valence-electron chi connectivity index (χ1n) is 11.9. The summed E-state index contributed by atoms with van der Waals surface area (Å²) in [5.41, 5.74) is 3.67. The monoisotopic (exact) mass is 534 g/mol. The first-order valence-corrected chi connectivity index (χ1v) is 12.3. The van der Waals surface area contributed by atoms with Crippen molar-refractivity contribution < 1.29 is 18.4 Å². The molecule has 12 heteroatoms. The third kappa shape index (κ3) is 5.00. The van der Waals surface area contributed by atoms with E-state index in [1.54, 1.807) is 11.5 Å². The molecule has 0 amide bonds. The Morgan fingerprint density at radius 2 is 1.82 bits per heavy atom. The van der Waals surface area contributed by atoms with Crippen LogP contribution in [0.4, 0.5) is 0 Å². The molecule has 0 aliphatic carbocycles. The van der Waals surface area contributed by atoms with E-state index in [9.17, 15) is 9.59 Å². The fourth-order valence-corrected chi connectivity index (χ4v) is 4.51. The number of H-pyrrole nitrogens is 1. The normalized spacial score (nSPS) is 11.1. The molecule has 0 atom stereocenters. The molecule has 0 aliphatic heterocycles. The first kappa shape index (κ1) is 25.2. The van der Waals surface area contributed by atoms with E-state index >= 15 is 0 Å². The van der Waals surface area contributed by atoms with Gasteiger partial charge in [-0.25, -0.2) is 14.6 Å². The summed E-state index contributed by atoms with van der Waals surface area (Å²) in [6.45, 7) is 3.59. The second-order valence-electron chi connectivity index (χ2n) is 8.45. The zero-order chi connectivity index (χ0) is 26.6. The summed E-state index contributed by atoms with van der Waals surface area (Å²) in [6.07, 6.45) is 1.40. The minimum Gasteiger partial charge on any atom is -0.453 e. The van der Waals surface area contributed by atoms with Gasteiger partial charge in [-0.05, 0) is 35.2 Å². The zero-order valence-corrected chi connectivity index (χ0v) is 21.4. The lowest BCUT2D eigenvalue weighted by atomic mass is 9.95. The Kier molecular flexibility index (Phi) is 7.18. The molecule has 38 heavy (non-hydrogen) atoms. The SMILES string of the molecule is CCCc1nc(Cl)c(C(=O)OCc2oc(=O)oc2C)n1Cc1ccccc1-c1ccccc1-c1nn[nH]n1. The minimum atomic E-state index is -0.862. The van der Waals surface area contributed by atoms with Crippen molar-refractivity contribution in [1.82, 2.24) is 30.2 Å². The topological polar surface area (TPSA) is 142 Å². The van der Waals surface area contributed by atoms with Crippen LogP contribution < -0.4 is 5.82 Å². The Balaban J connectivity index is 1.52. The van der Waals surface area contributed by atoms with Gasteiger partial charge in [-0.3, -0.25) is 0 Å². The van der Waals surface area contributed by atoms with Crippen molar-refractivity contribution in [3.63, 3.8) is 0 Å². The van der Waals surface area contributed by atoms with E-state index in [1.165, 1.54) is 0 Å². The highest BCUT2D eigenvalue weighted by Gasteiger charge is 2.25. The smallest absolute Gasteiger partial charge is 0.453 e. The number of hydrogen-bond donors (Lipinski definition) is 1. The van der Waals surface area contributed by atoms with E-state index in [1.807, 2.05) is 55.5 Å². The van der Waals surface area contributed by atoms with E-state index in [0.29, 0.717) is 24.6 Å². The van der Waals surface area contributed by atoms with Gasteiger partial charge >= 0.3 is 11.8 Å². The van der Waals surface area contributed by atoms with Crippen molar-refractivity contribution in [2.24, 2.45) is 0 Å². The number of halogens is 1. The number of imidazole rings is 1. The first-order chi connectivity index (χ1) is 18.5. The summed E-state index contributed by atoms with van der Waals surface area (Å²) < 4.78 is 17.0. The predicted octanol–water partition coefficient (Wildman–Crippen LogP) is 4.60. The quantitative estimate of drug-likeness (QED) is 0.268. The summed E-state index contributed by atoms with van der Waals surface area (Å²) in [5.74, 6) is -0.0710. The number of ether oxygens (including phenoxy) is 1. The van der Waals surface area contributed by atoms with Crippen LogP contribution in [0.2, 0.25) is 5.15 Å². The number of benzene rings is 2. The van der Waals surface area contributed by atoms with E-state index < -0.39 is 11.8 Å². The largest absolute Gasteiger partial charge is 0.519 e. The third-order valence-corrected chi connectivity index (χ3v) is 6.25. The Labute approximate surface area is 221 Å². The Bertz CT molecular complexity index is 1640. The molecule has 0 saturated heterocycles. The zero-order valence-electron chi connectivity index (χ0n) is 20.6. The molecule has 0 aliphatic rings. The number of aryl methyl sites for hydroxylation is 2. The van der Waals surface area contributed by atoms with Gasteiger partial charge in [0, 0.05) is 12.0 Å². The summed E-state index contributed by atoms with van der Waals surface area (Å²) in [4.78, 5) is 29.0. The van der Waals surface area contributed by atoms with E-state index in [-0.39, 0.29) is 29.0 Å². The standard InChI is InChI=1S/C26H23ClN6O5/c1-3-8-21-28-23(27)22(25(34)36-14-20-15(2)37-26(35)38-20)33(21)13-16-9-4-5-10-17(16)18-11-6-7-12-19(18)24-29-31-32-30-24/h4-7,9-12H,3,8,13-14H2,1-2H3,(H,29,30,31,32). The lowest BCUT2D eigenvalue weighted by Gasteiger charge is -2.16. The molecule has 1 N–H and O–H groups in total. The van der Waals surface area contributed by atoms with Crippen LogP contribution in [0, 0.1) is 6.92 Å². The molecule has 0 bridgehead atoms. The Morgan fingerprint density at radius 3 is 2.50 bits per heavy atom. The van der Waals surface area contributed by atoms with Crippen molar-refractivity contribution >= 4 is 17.6 Å². The average molecular weight is 535 g/mol. The molecule has 11 nitrogen and oxygen atoms in total. The average Bonchev–Trinajstić information content (AvgIpc) is 3.63. The van der Waals surface area contributed by atoms with Crippen LogP contribution in [-0.4, -0.2) is 36.1 Å². The number of nitrogens with zero attached hydrogens (tertiary/aromatic N) is 5. The van der Waals surface area contributed by atoms with Gasteiger partial charge in [-0.2, -0.15) is 5.21 Å². The number of aromatic nitrogens is 6. The number of carbonyl (C=O) groups is 1. The number of esters is 1. The highest BCUT2D eigenvalue weighted by Crippen LogP contribution is 2.33. The van der Waals surface area contributed by atoms with Gasteiger partial charge in [0.25, 0.3) is 0 Å². The maximum Gasteiger partial charge on any atom is 0.519 e. The molecular weight excluding hydrogens is 512 g/mol. The van der Waals surface area contributed by atoms with Gasteiger partial charge in [0.1, 0.15) is 5.82 Å². The van der Waals surface area contributed by atoms with Gasteiger partial charge in [0.05, 0.1) is 6.54 Å². The molecule has 0 fully saturated rings. The van der Waals surface area contributed by atoms with Crippen LogP contribution >= 0.6 is 11.6 Å². The van der Waals surface area contributed by atoms with E-state index in [0.717, 1.165) is 28.7 Å². The molecule has 194 valence electrons. The number of nitrogens with one attached hydrogen (secondary N) is 1. The summed E-state index contributed by atoms with van der Waals surface area (Å²) in [6, 6.07) is 15.6. The Hall–Kier alpha value is -4.51. The molecule has 0 spiro atoms. The van der Waals surface area contributed by atoms with Crippen molar-refractivity contribution in [3.8, 4) is 22.5 Å². The molecule has 0 saturated carbocycles. The van der Waals surface area contributed by atoms with Crippen LogP contribution in [0.5, 0.6) is 0 Å². The van der Waals surface area contributed by atoms with E-state index in [4.69, 9.17) is 25.2 Å². The summed E-state index contributed by atoms with van der Waals surface area (Å²) in [7, 11) is 0. The molecule has 0 unspecified atom stereocenters. The number of carbonyl (C=O) groups excluding carboxylic acids is 1. The van der Waals surface area contributed by atoms with Crippen molar-refractivity contribution in [3.05, 3.63) is 92.9 Å². The second kappa shape index (κ2) is 10.9. The molecule has 3 heterocycles. The fourth-order valence-electron chi connectivity index (χ4n) is 4.23. The summed E-state index contributed by atoms with van der Waals surface area (Å²) in [5, 5.41) is 14.5. The van der Waals surface area contributed by atoms with Crippen molar-refractivity contribution in [2.75, 3.05) is 0 Å². The van der Waals surface area contributed by atoms with Crippen LogP contribution in [0.25, 0.3) is 22.5 Å². The maximum atomic E-state index is 13.2. The van der Waals surface area contributed by atoms with Gasteiger partial charge in [0.15, 0.2) is 29.0 Å². The minimum absolute atomic E-state index is 0.0356. The molecule has 5 aromatic rings. The van der Waals surface area contributed by atoms with Gasteiger partial charge < -0.3 is 18.1 Å². The highest BCUT2D eigenvalue weighted by molar-refractivity contribution is 6.32. The predicted molar refractivity (Wildman–Crippen MR) is 136 cm³/mol. The van der Waals surface area contributed by atoms with Crippen LogP contribution in [-0.2, 0) is 24.3 Å². The number of hydrogen-bond acceptors (Lipinski definition) is 9. The lowest BCUT2D eigenvalue weighted by Crippen LogP contribution is -2.16. The molecule has 3 aromatic heterocycles. The van der Waals surface area contributed by atoms with Gasteiger partial charge in [-0.1, -0.05) is 67.1 Å². The second-order valence-corrected chi connectivity index (χ2v) is 8.81. The summed E-state index contributed by atoms with van der Waals surface area (Å²) >= 11 is 6.46. The van der Waals surface area contributed by atoms with Crippen LogP contribution in [0.15, 0.2) is 62.2 Å². The number of rotatable bonds is 9. The third-order valence-electron chi connectivity index (χ3n) is 5.99. The molecule has 0 radical (unpaired) electrons. The number of aromatic amines is 1. The van der Waals surface area contributed by atoms with Crippen LogP contribution in [0.3, 0.4) is 0 Å². The molecule has 2 aromatic carbocycles. The van der Waals surface area contributed by atoms with Crippen molar-refractivity contribution in [1.29, 1.82) is 0 Å². The van der Waals surface area contributed by atoms with Gasteiger partial charge in [-0.15, -0.1) is 10.2 Å². The fraction of sp³-hybridized carbons (Fsp3) is 0.231. The number of tetrazole rings is 1. The highest BCUT2D eigenvalue weighted by atomic mass is 35.5. The molecular formula is C26H23ClN6O5.